The summed E-state index contributed by atoms with van der Waals surface area (Å²) in [6, 6.07) is 6.48. The lowest BCUT2D eigenvalue weighted by Gasteiger charge is -2.33. The SMILES string of the molecule is CCNC(=O)c1ccc(NCC2CCCCN2C)c(C)c1. The Bertz CT molecular complexity index is 487. The Balaban J connectivity index is 1.96. The molecule has 0 radical (unpaired) electrons. The first-order valence-corrected chi connectivity index (χ1v) is 7.94. The largest absolute Gasteiger partial charge is 0.383 e. The van der Waals surface area contributed by atoms with Crippen molar-refractivity contribution in [1.82, 2.24) is 10.2 Å². The Hall–Kier alpha value is -1.55. The first-order valence-electron chi connectivity index (χ1n) is 7.94. The normalized spacial score (nSPS) is 19.3. The molecule has 4 heteroatoms. The number of anilines is 1. The number of benzene rings is 1. The van der Waals surface area contributed by atoms with E-state index in [9.17, 15) is 4.79 Å². The molecule has 0 aliphatic carbocycles. The van der Waals surface area contributed by atoms with E-state index < -0.39 is 0 Å². The maximum Gasteiger partial charge on any atom is 0.251 e. The van der Waals surface area contributed by atoms with E-state index in [-0.39, 0.29) is 5.91 Å². The molecule has 2 rings (SSSR count). The molecule has 1 aliphatic heterocycles. The molecule has 0 bridgehead atoms. The summed E-state index contributed by atoms with van der Waals surface area (Å²) in [5.41, 5.74) is 2.98. The lowest BCUT2D eigenvalue weighted by molar-refractivity contribution is 0.0956. The quantitative estimate of drug-likeness (QED) is 0.876. The number of likely N-dealkylation sites (tertiary alicyclic amines) is 1. The minimum Gasteiger partial charge on any atom is -0.383 e. The minimum absolute atomic E-state index is 0.000774. The number of hydrogen-bond donors (Lipinski definition) is 2. The average Bonchev–Trinajstić information content (AvgIpc) is 2.47. The summed E-state index contributed by atoms with van der Waals surface area (Å²) in [5, 5.41) is 6.37. The minimum atomic E-state index is -0.000774. The smallest absolute Gasteiger partial charge is 0.251 e. The zero-order valence-electron chi connectivity index (χ0n) is 13.4. The predicted octanol–water partition coefficient (Wildman–Crippen LogP) is 2.64. The zero-order valence-corrected chi connectivity index (χ0v) is 13.4. The zero-order chi connectivity index (χ0) is 15.2. The summed E-state index contributed by atoms with van der Waals surface area (Å²) < 4.78 is 0. The van der Waals surface area contributed by atoms with Crippen molar-refractivity contribution in [2.75, 3.05) is 32.0 Å². The monoisotopic (exact) mass is 289 g/mol. The number of piperidine rings is 1. The van der Waals surface area contributed by atoms with Crippen molar-refractivity contribution < 1.29 is 4.79 Å². The summed E-state index contributed by atoms with van der Waals surface area (Å²) >= 11 is 0. The van der Waals surface area contributed by atoms with E-state index in [4.69, 9.17) is 0 Å². The van der Waals surface area contributed by atoms with Gasteiger partial charge in [0.15, 0.2) is 0 Å². The van der Waals surface area contributed by atoms with E-state index in [0.29, 0.717) is 12.6 Å². The standard InChI is InChI=1S/C17H27N3O/c1-4-18-17(21)14-8-9-16(13(2)11-14)19-12-15-7-5-6-10-20(15)3/h8-9,11,15,19H,4-7,10,12H2,1-3H3,(H,18,21). The lowest BCUT2D eigenvalue weighted by atomic mass is 10.0. The Morgan fingerprint density at radius 2 is 2.19 bits per heavy atom. The topological polar surface area (TPSA) is 44.4 Å². The van der Waals surface area contributed by atoms with Crippen LogP contribution in [0, 0.1) is 6.92 Å². The number of aryl methyl sites for hydroxylation is 1. The second-order valence-corrected chi connectivity index (χ2v) is 5.90. The van der Waals surface area contributed by atoms with E-state index in [2.05, 4.69) is 29.5 Å². The molecule has 1 aliphatic rings. The van der Waals surface area contributed by atoms with Crippen molar-refractivity contribution in [2.45, 2.75) is 39.2 Å². The molecule has 1 amide bonds. The Kier molecular flexibility index (Phi) is 5.62. The van der Waals surface area contributed by atoms with Gasteiger partial charge in [0.05, 0.1) is 0 Å². The van der Waals surface area contributed by atoms with Crippen LogP contribution in [-0.4, -0.2) is 43.5 Å². The molecule has 0 aromatic heterocycles. The maximum atomic E-state index is 11.8. The summed E-state index contributed by atoms with van der Waals surface area (Å²) in [5.74, 6) is -0.000774. The van der Waals surface area contributed by atoms with Gasteiger partial charge in [-0.15, -0.1) is 0 Å². The number of rotatable bonds is 5. The molecule has 0 spiro atoms. The number of carbonyl (C=O) groups is 1. The molecule has 116 valence electrons. The van der Waals surface area contributed by atoms with E-state index >= 15 is 0 Å². The third kappa shape index (κ3) is 4.21. The van der Waals surface area contributed by atoms with Crippen molar-refractivity contribution in [3.8, 4) is 0 Å². The lowest BCUT2D eigenvalue weighted by Crippen LogP contribution is -2.40. The van der Waals surface area contributed by atoms with Crippen LogP contribution in [0.3, 0.4) is 0 Å². The highest BCUT2D eigenvalue weighted by Gasteiger charge is 2.18. The van der Waals surface area contributed by atoms with Gasteiger partial charge in [-0.1, -0.05) is 6.42 Å². The van der Waals surface area contributed by atoms with Crippen LogP contribution in [0.25, 0.3) is 0 Å². The van der Waals surface area contributed by atoms with Gasteiger partial charge < -0.3 is 15.5 Å². The molecule has 21 heavy (non-hydrogen) atoms. The van der Waals surface area contributed by atoms with Crippen molar-refractivity contribution >= 4 is 11.6 Å². The number of nitrogens with one attached hydrogen (secondary N) is 2. The number of amides is 1. The van der Waals surface area contributed by atoms with Crippen LogP contribution < -0.4 is 10.6 Å². The van der Waals surface area contributed by atoms with Crippen LogP contribution in [0.4, 0.5) is 5.69 Å². The molecule has 1 heterocycles. The van der Waals surface area contributed by atoms with Crippen LogP contribution >= 0.6 is 0 Å². The van der Waals surface area contributed by atoms with Crippen molar-refractivity contribution in [1.29, 1.82) is 0 Å². The molecular weight excluding hydrogens is 262 g/mol. The van der Waals surface area contributed by atoms with Gasteiger partial charge in [0.2, 0.25) is 0 Å². The van der Waals surface area contributed by atoms with Crippen molar-refractivity contribution in [3.63, 3.8) is 0 Å². The van der Waals surface area contributed by atoms with Crippen LogP contribution in [0.1, 0.15) is 42.1 Å². The highest BCUT2D eigenvalue weighted by molar-refractivity contribution is 5.94. The van der Waals surface area contributed by atoms with Gasteiger partial charge in [-0.3, -0.25) is 4.79 Å². The van der Waals surface area contributed by atoms with E-state index in [1.165, 1.54) is 25.8 Å². The third-order valence-electron chi connectivity index (χ3n) is 4.28. The van der Waals surface area contributed by atoms with Gasteiger partial charge in [-0.25, -0.2) is 0 Å². The van der Waals surface area contributed by atoms with Gasteiger partial charge in [0, 0.05) is 30.4 Å². The molecule has 2 N–H and O–H groups in total. The van der Waals surface area contributed by atoms with Crippen molar-refractivity contribution in [3.05, 3.63) is 29.3 Å². The van der Waals surface area contributed by atoms with E-state index in [0.717, 1.165) is 23.4 Å². The Morgan fingerprint density at radius 1 is 1.38 bits per heavy atom. The fourth-order valence-electron chi connectivity index (χ4n) is 2.90. The first kappa shape index (κ1) is 15.8. The molecular formula is C17H27N3O. The number of likely N-dealkylation sites (N-methyl/N-ethyl adjacent to an activating group) is 1. The number of nitrogens with zero attached hydrogens (tertiary/aromatic N) is 1. The molecule has 1 aromatic carbocycles. The second kappa shape index (κ2) is 7.46. The van der Waals surface area contributed by atoms with Crippen molar-refractivity contribution in [2.24, 2.45) is 0 Å². The van der Waals surface area contributed by atoms with Crippen LogP contribution in [0.5, 0.6) is 0 Å². The van der Waals surface area contributed by atoms with E-state index in [1.54, 1.807) is 0 Å². The molecule has 1 aromatic rings. The first-order chi connectivity index (χ1) is 10.1. The number of carbonyl (C=O) groups excluding carboxylic acids is 1. The third-order valence-corrected chi connectivity index (χ3v) is 4.28. The van der Waals surface area contributed by atoms with Crippen LogP contribution in [-0.2, 0) is 0 Å². The maximum absolute atomic E-state index is 11.8. The van der Waals surface area contributed by atoms with Gasteiger partial charge >= 0.3 is 0 Å². The van der Waals surface area contributed by atoms with Gasteiger partial charge in [0.1, 0.15) is 0 Å². The highest BCUT2D eigenvalue weighted by atomic mass is 16.1. The molecule has 1 unspecified atom stereocenters. The van der Waals surface area contributed by atoms with E-state index in [1.807, 2.05) is 25.1 Å². The Morgan fingerprint density at radius 3 is 2.86 bits per heavy atom. The summed E-state index contributed by atoms with van der Waals surface area (Å²) in [4.78, 5) is 14.3. The van der Waals surface area contributed by atoms with Gasteiger partial charge in [-0.2, -0.15) is 0 Å². The summed E-state index contributed by atoms with van der Waals surface area (Å²) in [6.45, 7) is 6.81. The highest BCUT2D eigenvalue weighted by Crippen LogP contribution is 2.19. The summed E-state index contributed by atoms with van der Waals surface area (Å²) in [7, 11) is 2.20. The molecule has 1 atom stereocenters. The fourth-order valence-corrected chi connectivity index (χ4v) is 2.90. The molecule has 1 fully saturated rings. The van der Waals surface area contributed by atoms with Gasteiger partial charge in [0.25, 0.3) is 5.91 Å². The summed E-state index contributed by atoms with van der Waals surface area (Å²) in [6.07, 6.45) is 3.90. The van der Waals surface area contributed by atoms with Gasteiger partial charge in [-0.05, 0) is 64.0 Å². The van der Waals surface area contributed by atoms with Crippen LogP contribution in [0.15, 0.2) is 18.2 Å². The second-order valence-electron chi connectivity index (χ2n) is 5.90. The Labute approximate surface area is 127 Å². The predicted molar refractivity (Wildman–Crippen MR) is 87.9 cm³/mol. The average molecular weight is 289 g/mol. The molecule has 0 saturated carbocycles. The molecule has 1 saturated heterocycles. The van der Waals surface area contributed by atoms with Crippen LogP contribution in [0.2, 0.25) is 0 Å². The molecule has 4 nitrogen and oxygen atoms in total. The number of hydrogen-bond acceptors (Lipinski definition) is 3. The fraction of sp³-hybridized carbons (Fsp3) is 0.588.